The first-order chi connectivity index (χ1) is 8.31. The van der Waals surface area contributed by atoms with Crippen molar-refractivity contribution in [3.8, 4) is 0 Å². The van der Waals surface area contributed by atoms with Crippen LogP contribution in [0.3, 0.4) is 0 Å². The smallest absolute Gasteiger partial charge is 0.320 e. The van der Waals surface area contributed by atoms with Gasteiger partial charge in [0.2, 0.25) is 0 Å². The molecule has 0 bridgehead atoms. The van der Waals surface area contributed by atoms with Gasteiger partial charge < -0.3 is 27.0 Å². The number of aliphatic carboxylic acids is 2. The third-order valence-electron chi connectivity index (χ3n) is 1.81. The zero-order valence-electron chi connectivity index (χ0n) is 10.7. The van der Waals surface area contributed by atoms with Gasteiger partial charge >= 0.3 is 5.97 Å². The van der Waals surface area contributed by atoms with Gasteiger partial charge in [-0.2, -0.15) is 0 Å². The summed E-state index contributed by atoms with van der Waals surface area (Å²) in [6.07, 6.45) is 2.08. The maximum atomic E-state index is 10.3. The molecular weight excluding hydrogens is 240 g/mol. The highest BCUT2D eigenvalue weighted by molar-refractivity contribution is 5.77. The number of unbranched alkanes of at least 4 members (excludes halogenated alkanes) is 1. The second-order valence-corrected chi connectivity index (χ2v) is 3.50. The molecule has 8 heteroatoms. The van der Waals surface area contributed by atoms with Crippen LogP contribution in [0.5, 0.6) is 0 Å². The molecule has 0 fully saturated rings. The number of carboxylic acid groups (broad SMARTS) is 2. The molecule has 0 radical (unpaired) electrons. The highest BCUT2D eigenvalue weighted by atomic mass is 16.4. The van der Waals surface area contributed by atoms with E-state index in [9.17, 15) is 4.79 Å². The van der Waals surface area contributed by atoms with Gasteiger partial charge in [-0.3, -0.25) is 14.6 Å². The first kappa shape index (κ1) is 18.5. The molecule has 0 aliphatic rings. The minimum atomic E-state index is -0.951. The fraction of sp³-hybridized carbons (Fsp3) is 0.700. The van der Waals surface area contributed by atoms with E-state index in [2.05, 4.69) is 10.3 Å². The van der Waals surface area contributed by atoms with Gasteiger partial charge in [-0.1, -0.05) is 0 Å². The minimum absolute atomic E-state index is 0.396. The van der Waals surface area contributed by atoms with Gasteiger partial charge in [-0.25, -0.2) is 0 Å². The zero-order chi connectivity index (χ0) is 14.6. The second kappa shape index (κ2) is 11.6. The summed E-state index contributed by atoms with van der Waals surface area (Å²) in [5.41, 5.74) is 10.7. The van der Waals surface area contributed by atoms with Crippen molar-refractivity contribution in [2.45, 2.75) is 32.2 Å². The van der Waals surface area contributed by atoms with Gasteiger partial charge in [0.1, 0.15) is 6.04 Å². The molecule has 7 N–H and O–H groups in total. The van der Waals surface area contributed by atoms with Crippen LogP contribution in [0.1, 0.15) is 26.2 Å². The Morgan fingerprint density at radius 3 is 2.22 bits per heavy atom. The van der Waals surface area contributed by atoms with Crippen molar-refractivity contribution in [3.63, 3.8) is 0 Å². The molecule has 0 unspecified atom stereocenters. The molecule has 0 spiro atoms. The van der Waals surface area contributed by atoms with Crippen molar-refractivity contribution in [2.75, 3.05) is 13.6 Å². The molecule has 0 heterocycles. The summed E-state index contributed by atoms with van der Waals surface area (Å²) in [4.78, 5) is 23.1. The van der Waals surface area contributed by atoms with Crippen molar-refractivity contribution < 1.29 is 19.8 Å². The van der Waals surface area contributed by atoms with Crippen LogP contribution in [0.2, 0.25) is 0 Å². The predicted molar refractivity (Wildman–Crippen MR) is 68.3 cm³/mol. The summed E-state index contributed by atoms with van der Waals surface area (Å²) in [5.74, 6) is -1.39. The molecule has 0 saturated heterocycles. The average molecular weight is 262 g/mol. The fourth-order valence-corrected chi connectivity index (χ4v) is 0.908. The number of aliphatic imine (C=N–C) groups is 1. The molecule has 0 saturated carbocycles. The van der Waals surface area contributed by atoms with Gasteiger partial charge in [0.15, 0.2) is 5.96 Å². The number of guanidine groups is 1. The van der Waals surface area contributed by atoms with E-state index in [1.807, 2.05) is 0 Å². The molecule has 18 heavy (non-hydrogen) atoms. The van der Waals surface area contributed by atoms with Crippen LogP contribution in [0, 0.1) is 0 Å². The zero-order valence-corrected chi connectivity index (χ0v) is 10.7. The Morgan fingerprint density at radius 1 is 1.33 bits per heavy atom. The second-order valence-electron chi connectivity index (χ2n) is 3.50. The van der Waals surface area contributed by atoms with Crippen LogP contribution < -0.4 is 16.8 Å². The Bertz CT molecular complexity index is 277. The van der Waals surface area contributed by atoms with E-state index in [1.165, 1.54) is 0 Å². The highest BCUT2D eigenvalue weighted by Gasteiger charge is 2.09. The van der Waals surface area contributed by atoms with E-state index in [-0.39, 0.29) is 0 Å². The van der Waals surface area contributed by atoms with Crippen LogP contribution in [0.15, 0.2) is 4.99 Å². The molecule has 0 aromatic carbocycles. The third-order valence-corrected chi connectivity index (χ3v) is 1.81. The molecule has 0 aliphatic carbocycles. The van der Waals surface area contributed by atoms with E-state index in [0.29, 0.717) is 18.9 Å². The maximum Gasteiger partial charge on any atom is 0.320 e. The van der Waals surface area contributed by atoms with E-state index >= 15 is 0 Å². The monoisotopic (exact) mass is 262 g/mol. The Morgan fingerprint density at radius 2 is 1.83 bits per heavy atom. The number of carbonyl (C=O) groups is 2. The molecule has 0 aromatic rings. The van der Waals surface area contributed by atoms with E-state index in [4.69, 9.17) is 26.5 Å². The molecule has 0 aliphatic heterocycles. The number of nitrogens with two attached hydrogens (primary N) is 2. The Labute approximate surface area is 106 Å². The van der Waals surface area contributed by atoms with Crippen molar-refractivity contribution in [2.24, 2.45) is 16.5 Å². The molecule has 1 atom stereocenters. The molecule has 8 nitrogen and oxygen atoms in total. The molecule has 0 amide bonds. The number of hydrogen-bond acceptors (Lipinski definition) is 4. The number of rotatable bonds is 6. The lowest BCUT2D eigenvalue weighted by atomic mass is 10.1. The van der Waals surface area contributed by atoms with Crippen molar-refractivity contribution in [3.05, 3.63) is 0 Å². The summed E-state index contributed by atoms with van der Waals surface area (Å²) in [5, 5.41) is 18.8. The normalized spacial score (nSPS) is 12.1. The van der Waals surface area contributed by atoms with Gasteiger partial charge in [0.25, 0.3) is 5.97 Å². The lowest BCUT2D eigenvalue weighted by Gasteiger charge is -2.06. The van der Waals surface area contributed by atoms with Crippen LogP contribution >= 0.6 is 0 Å². The third kappa shape index (κ3) is 16.6. The topological polar surface area (TPSA) is 151 Å². The summed E-state index contributed by atoms with van der Waals surface area (Å²) in [6.45, 7) is 1.77. The molecule has 106 valence electrons. The van der Waals surface area contributed by atoms with Crippen LogP contribution in [0.25, 0.3) is 0 Å². The van der Waals surface area contributed by atoms with Gasteiger partial charge in [0.05, 0.1) is 0 Å². The first-order valence-electron chi connectivity index (χ1n) is 5.45. The van der Waals surface area contributed by atoms with Gasteiger partial charge in [-0.15, -0.1) is 0 Å². The first-order valence-corrected chi connectivity index (χ1v) is 5.45. The molecular formula is C10H22N4O4. The summed E-state index contributed by atoms with van der Waals surface area (Å²) < 4.78 is 0. The lowest BCUT2D eigenvalue weighted by molar-refractivity contribution is -0.138. The molecule has 0 rings (SSSR count). The van der Waals surface area contributed by atoms with Gasteiger partial charge in [0, 0.05) is 20.5 Å². The number of nitrogens with zero attached hydrogens (tertiary/aromatic N) is 1. The number of hydrogen-bond donors (Lipinski definition) is 5. The lowest BCUT2D eigenvalue weighted by Crippen LogP contribution is -2.33. The number of carboxylic acids is 2. The summed E-state index contributed by atoms with van der Waals surface area (Å²) >= 11 is 0. The highest BCUT2D eigenvalue weighted by Crippen LogP contribution is 1.97. The predicted octanol–water partition coefficient (Wildman–Crippen LogP) is -0.806. The van der Waals surface area contributed by atoms with E-state index in [0.717, 1.165) is 19.8 Å². The van der Waals surface area contributed by atoms with Crippen molar-refractivity contribution >= 4 is 17.9 Å². The quantitative estimate of drug-likeness (QED) is 0.238. The van der Waals surface area contributed by atoms with Crippen LogP contribution in [-0.2, 0) is 9.59 Å². The van der Waals surface area contributed by atoms with Crippen molar-refractivity contribution in [1.82, 2.24) is 5.32 Å². The van der Waals surface area contributed by atoms with Gasteiger partial charge in [-0.05, 0) is 19.3 Å². The largest absolute Gasteiger partial charge is 0.481 e. The molecule has 0 aromatic heterocycles. The van der Waals surface area contributed by atoms with Crippen LogP contribution in [0.4, 0.5) is 0 Å². The Kier molecular flexibility index (Phi) is 12.0. The standard InChI is InChI=1S/C8H18N4O2.C2H4O2/c1-11-8(10)12-5-3-2-4-6(9)7(13)14;1-2(3)4/h6H,2-5,9H2,1H3,(H,13,14)(H3,10,11,12);1H3,(H,3,4)/t6-;/m0./s1. The summed E-state index contributed by atoms with van der Waals surface area (Å²) in [7, 11) is 1.60. The fourth-order valence-electron chi connectivity index (χ4n) is 0.908. The Hall–Kier alpha value is -1.83. The Balaban J connectivity index is 0. The number of nitrogens with one attached hydrogen (secondary N) is 1. The maximum absolute atomic E-state index is 10.3. The van der Waals surface area contributed by atoms with Crippen LogP contribution in [-0.4, -0.2) is 47.7 Å². The minimum Gasteiger partial charge on any atom is -0.481 e. The van der Waals surface area contributed by atoms with Crippen molar-refractivity contribution in [1.29, 1.82) is 0 Å². The van der Waals surface area contributed by atoms with E-state index in [1.54, 1.807) is 7.05 Å². The van der Waals surface area contributed by atoms with E-state index < -0.39 is 18.0 Å². The average Bonchev–Trinajstić information content (AvgIpc) is 2.27. The SMILES string of the molecule is CC(=O)O.CN=C(N)NCCCC[C@H](N)C(=O)O. The summed E-state index contributed by atoms with van der Waals surface area (Å²) in [6, 6.07) is -0.757.